The summed E-state index contributed by atoms with van der Waals surface area (Å²) < 4.78 is 75.3. The molecule has 0 saturated carbocycles. The summed E-state index contributed by atoms with van der Waals surface area (Å²) >= 11 is 0. The predicted molar refractivity (Wildman–Crippen MR) is 234 cm³/mol. The van der Waals surface area contributed by atoms with Gasteiger partial charge in [0.25, 0.3) is 0 Å². The highest BCUT2D eigenvalue weighted by atomic mass is 16.8. The Hall–Kier alpha value is -7.56. The van der Waals surface area contributed by atoms with Crippen LogP contribution in [0.1, 0.15) is 54.0 Å². The van der Waals surface area contributed by atoms with Crippen molar-refractivity contribution < 1.29 is 99.9 Å². The Labute approximate surface area is 398 Å². The van der Waals surface area contributed by atoms with E-state index in [2.05, 4.69) is 0 Å². The molecule has 1 N–H and O–H groups in total. The van der Waals surface area contributed by atoms with Crippen molar-refractivity contribution >= 4 is 52.8 Å². The average molecular weight is 979 g/mol. The number of hydrogen-bond acceptors (Lipinski definition) is 22. The van der Waals surface area contributed by atoms with E-state index < -0.39 is 128 Å². The largest absolute Gasteiger partial charge is 0.507 e. The SMILES string of the molecule is CC(=O)OC[C@H]1O[C@@H](O[C@H]2[C@H](OC(C)=O)[C@@H](OC(C)=O)[C@H](Oc3cc(O)c4c(=O)cc(-c5ccc(OCc6ccccc6)cc5)oc4c3)O[C@@H]2COC(C)=O)[C@H](OC(C)=O)[C@@H](OC(C)=O)[C@H]1OC(C)=O. The van der Waals surface area contributed by atoms with E-state index in [1.165, 1.54) is 12.1 Å². The number of rotatable bonds is 17. The van der Waals surface area contributed by atoms with Crippen LogP contribution in [0.15, 0.2) is 82.0 Å². The van der Waals surface area contributed by atoms with Crippen LogP contribution in [0.5, 0.6) is 17.2 Å². The third-order valence-corrected chi connectivity index (χ3v) is 10.3. The van der Waals surface area contributed by atoms with E-state index >= 15 is 0 Å². The Morgan fingerprint density at radius 3 is 1.60 bits per heavy atom. The molecule has 0 amide bonds. The molecular weight excluding hydrogens is 929 g/mol. The summed E-state index contributed by atoms with van der Waals surface area (Å²) in [5, 5.41) is 11.0. The second kappa shape index (κ2) is 23.2. The minimum absolute atomic E-state index is 0.105. The Kier molecular flexibility index (Phi) is 17.1. The molecule has 2 saturated heterocycles. The molecule has 6 rings (SSSR count). The molecule has 2 aliphatic rings. The Balaban J connectivity index is 1.37. The minimum atomic E-state index is -1.91. The first kappa shape index (κ1) is 51.8. The summed E-state index contributed by atoms with van der Waals surface area (Å²) in [7, 11) is 0. The maximum atomic E-state index is 13.4. The van der Waals surface area contributed by atoms with E-state index in [4.69, 9.17) is 61.3 Å². The van der Waals surface area contributed by atoms with Gasteiger partial charge in [0.15, 0.2) is 36.1 Å². The van der Waals surface area contributed by atoms with Crippen molar-refractivity contribution in [1.29, 1.82) is 0 Å². The highest BCUT2D eigenvalue weighted by Crippen LogP contribution is 2.38. The van der Waals surface area contributed by atoms with Gasteiger partial charge in [-0.1, -0.05) is 30.3 Å². The quantitative estimate of drug-likeness (QED) is 0.116. The van der Waals surface area contributed by atoms with Gasteiger partial charge in [-0.2, -0.15) is 0 Å². The number of phenolic OH excluding ortho intramolecular Hbond substituents is 1. The van der Waals surface area contributed by atoms with Gasteiger partial charge < -0.3 is 66.4 Å². The van der Waals surface area contributed by atoms with Crippen molar-refractivity contribution in [3.05, 3.63) is 88.6 Å². The van der Waals surface area contributed by atoms with Gasteiger partial charge in [-0.05, 0) is 29.8 Å². The van der Waals surface area contributed by atoms with Gasteiger partial charge in [0, 0.05) is 72.2 Å². The van der Waals surface area contributed by atoms with Crippen LogP contribution in [0.3, 0.4) is 0 Å². The summed E-state index contributed by atoms with van der Waals surface area (Å²) in [4.78, 5) is 101. The van der Waals surface area contributed by atoms with Gasteiger partial charge in [-0.3, -0.25) is 38.4 Å². The number of esters is 7. The fourth-order valence-electron chi connectivity index (χ4n) is 7.61. The molecule has 22 nitrogen and oxygen atoms in total. The molecule has 4 aromatic rings. The number of carbonyl (C=O) groups excluding carboxylic acids is 7. The van der Waals surface area contributed by atoms with Crippen LogP contribution in [0.25, 0.3) is 22.3 Å². The topological polar surface area (TPSA) is 281 Å². The van der Waals surface area contributed by atoms with Crippen LogP contribution in [0.4, 0.5) is 0 Å². The Bertz CT molecular complexity index is 2610. The monoisotopic (exact) mass is 978 g/mol. The van der Waals surface area contributed by atoms with E-state index in [9.17, 15) is 43.5 Å². The highest BCUT2D eigenvalue weighted by Gasteiger charge is 2.58. The normalized spacial score (nSPS) is 24.0. The standard InChI is InChI=1S/C48H50O22/c1-23(49)58-21-38-41(61-25(3)51)43(62-26(4)52)46(65-29(7)55)48(69-38)70-42-39(22-59-24(2)50)68-47(45(64-28(6)54)44(42)63-27(5)53)66-33-17-34(56)40-35(57)19-36(67-37(40)18-33)31-13-15-32(16-14-31)60-20-30-11-9-8-10-12-30/h8-19,38-39,41-48,56H,20-22H2,1-7H3/t38-,39-,41+,42-,43+,44+,45-,46-,47-,48+/m1/s1. The lowest BCUT2D eigenvalue weighted by Gasteiger charge is -2.48. The number of fused-ring (bicyclic) bond motifs is 1. The summed E-state index contributed by atoms with van der Waals surface area (Å²) in [6.45, 7) is 6.22. The van der Waals surface area contributed by atoms with E-state index in [0.717, 1.165) is 60.1 Å². The zero-order valence-electron chi connectivity index (χ0n) is 38.8. The number of hydrogen-bond donors (Lipinski definition) is 1. The lowest BCUT2D eigenvalue weighted by atomic mass is 9.96. The lowest BCUT2D eigenvalue weighted by Crippen LogP contribution is -2.67. The van der Waals surface area contributed by atoms with Gasteiger partial charge in [0.1, 0.15) is 72.1 Å². The number of ether oxygens (including phenoxy) is 12. The molecule has 2 fully saturated rings. The average Bonchev–Trinajstić information content (AvgIpc) is 3.27. The van der Waals surface area contributed by atoms with Gasteiger partial charge in [-0.15, -0.1) is 0 Å². The number of phenols is 1. The predicted octanol–water partition coefficient (Wildman–Crippen LogP) is 3.74. The molecule has 0 unspecified atom stereocenters. The molecule has 10 atom stereocenters. The van der Waals surface area contributed by atoms with Crippen molar-refractivity contribution in [2.75, 3.05) is 13.2 Å². The molecule has 2 aliphatic heterocycles. The van der Waals surface area contributed by atoms with Crippen molar-refractivity contribution in [3.8, 4) is 28.6 Å². The second-order valence-corrected chi connectivity index (χ2v) is 15.9. The fourth-order valence-corrected chi connectivity index (χ4v) is 7.61. The summed E-state index contributed by atoms with van der Waals surface area (Å²) in [6.07, 6.45) is -17.2. The molecule has 0 bridgehead atoms. The summed E-state index contributed by atoms with van der Waals surface area (Å²) in [6, 6.07) is 19.7. The smallest absolute Gasteiger partial charge is 0.303 e. The van der Waals surface area contributed by atoms with Crippen molar-refractivity contribution in [2.45, 2.75) is 116 Å². The molecule has 374 valence electrons. The molecule has 1 aromatic heterocycles. The molecule has 0 radical (unpaired) electrons. The molecule has 70 heavy (non-hydrogen) atoms. The van der Waals surface area contributed by atoms with Crippen molar-refractivity contribution in [1.82, 2.24) is 0 Å². The molecule has 0 aliphatic carbocycles. The number of benzene rings is 3. The Morgan fingerprint density at radius 2 is 1.04 bits per heavy atom. The molecule has 22 heteroatoms. The van der Waals surface area contributed by atoms with Crippen LogP contribution >= 0.6 is 0 Å². The van der Waals surface area contributed by atoms with Crippen LogP contribution in [-0.4, -0.2) is 122 Å². The van der Waals surface area contributed by atoms with Gasteiger partial charge in [0.05, 0.1) is 0 Å². The first-order chi connectivity index (χ1) is 33.3. The van der Waals surface area contributed by atoms with Crippen molar-refractivity contribution in [3.63, 3.8) is 0 Å². The maximum absolute atomic E-state index is 13.4. The number of carbonyl (C=O) groups is 7. The van der Waals surface area contributed by atoms with Crippen LogP contribution in [-0.2, 0) is 87.5 Å². The second-order valence-electron chi connectivity index (χ2n) is 15.9. The van der Waals surface area contributed by atoms with Gasteiger partial charge >= 0.3 is 41.8 Å². The summed E-state index contributed by atoms with van der Waals surface area (Å²) in [5.74, 6) is -6.53. The zero-order chi connectivity index (χ0) is 50.8. The third kappa shape index (κ3) is 13.6. The van der Waals surface area contributed by atoms with Gasteiger partial charge in [0.2, 0.25) is 12.4 Å². The van der Waals surface area contributed by atoms with E-state index in [0.29, 0.717) is 17.9 Å². The van der Waals surface area contributed by atoms with Crippen LogP contribution in [0, 0.1) is 0 Å². The van der Waals surface area contributed by atoms with E-state index in [1.807, 2.05) is 30.3 Å². The highest BCUT2D eigenvalue weighted by molar-refractivity contribution is 5.86. The van der Waals surface area contributed by atoms with Gasteiger partial charge in [-0.25, -0.2) is 0 Å². The molecule has 3 aromatic carbocycles. The molecule has 0 spiro atoms. The first-order valence-electron chi connectivity index (χ1n) is 21.6. The molecular formula is C48H50O22. The minimum Gasteiger partial charge on any atom is -0.507 e. The van der Waals surface area contributed by atoms with E-state index in [1.54, 1.807) is 24.3 Å². The zero-order valence-corrected chi connectivity index (χ0v) is 38.8. The maximum Gasteiger partial charge on any atom is 0.303 e. The molecule has 3 heterocycles. The third-order valence-electron chi connectivity index (χ3n) is 10.3. The summed E-state index contributed by atoms with van der Waals surface area (Å²) in [5.41, 5.74) is 0.665. The lowest BCUT2D eigenvalue weighted by molar-refractivity contribution is -0.354. The first-order valence-corrected chi connectivity index (χ1v) is 21.6. The fraction of sp³-hybridized carbons (Fsp3) is 0.417. The van der Waals surface area contributed by atoms with Crippen LogP contribution in [0.2, 0.25) is 0 Å². The van der Waals surface area contributed by atoms with Crippen molar-refractivity contribution in [2.24, 2.45) is 0 Å². The number of aromatic hydroxyl groups is 1. The Morgan fingerprint density at radius 1 is 0.543 bits per heavy atom. The van der Waals surface area contributed by atoms with Crippen LogP contribution < -0.4 is 14.9 Å². The van der Waals surface area contributed by atoms with E-state index in [-0.39, 0.29) is 22.5 Å².